The number of amides is 1. The van der Waals surface area contributed by atoms with Gasteiger partial charge in [0.2, 0.25) is 0 Å². The Bertz CT molecular complexity index is 1410. The second kappa shape index (κ2) is 10.1. The van der Waals surface area contributed by atoms with Crippen LogP contribution in [-0.2, 0) is 9.59 Å². The van der Waals surface area contributed by atoms with Gasteiger partial charge in [0.15, 0.2) is 0 Å². The average molecular weight is 503 g/mol. The molecule has 3 aromatic rings. The lowest BCUT2D eigenvalue weighted by molar-refractivity contribution is -0.132. The van der Waals surface area contributed by atoms with E-state index in [2.05, 4.69) is 0 Å². The first-order chi connectivity index (χ1) is 17.2. The van der Waals surface area contributed by atoms with Crippen LogP contribution in [0.3, 0.4) is 0 Å². The maximum absolute atomic E-state index is 13.3. The number of ether oxygens (including phenoxy) is 2. The van der Waals surface area contributed by atoms with Gasteiger partial charge in [0, 0.05) is 11.3 Å². The van der Waals surface area contributed by atoms with E-state index in [4.69, 9.17) is 26.3 Å². The van der Waals surface area contributed by atoms with E-state index in [-0.39, 0.29) is 28.0 Å². The molecule has 7 nitrogen and oxygen atoms in total. The SMILES string of the molecule is COc1ccc(/C(O)=C2\C(=O)C(=O)N(c3ccc(C#N)cc3)C2c2cccc(OC(C)C)c2)cc1Cl. The van der Waals surface area contributed by atoms with Crippen molar-refractivity contribution in [3.8, 4) is 17.6 Å². The second-order valence-electron chi connectivity index (χ2n) is 8.42. The lowest BCUT2D eigenvalue weighted by Gasteiger charge is -2.26. The van der Waals surface area contributed by atoms with Gasteiger partial charge in [0.1, 0.15) is 17.3 Å². The van der Waals surface area contributed by atoms with Crippen LogP contribution in [0.1, 0.15) is 36.6 Å². The highest BCUT2D eigenvalue weighted by Crippen LogP contribution is 2.43. The number of nitrogens with zero attached hydrogens (tertiary/aromatic N) is 2. The number of rotatable bonds is 6. The molecule has 1 fully saturated rings. The summed E-state index contributed by atoms with van der Waals surface area (Å²) in [7, 11) is 1.47. The highest BCUT2D eigenvalue weighted by Gasteiger charge is 2.47. The number of aliphatic hydroxyl groups is 1. The molecule has 1 amide bonds. The van der Waals surface area contributed by atoms with Crippen molar-refractivity contribution >= 4 is 34.7 Å². The number of aliphatic hydroxyl groups excluding tert-OH is 1. The summed E-state index contributed by atoms with van der Waals surface area (Å²) in [6, 6.07) is 19.0. The van der Waals surface area contributed by atoms with Gasteiger partial charge < -0.3 is 14.6 Å². The minimum Gasteiger partial charge on any atom is -0.507 e. The molecule has 0 radical (unpaired) electrons. The molecule has 8 heteroatoms. The third-order valence-corrected chi connectivity index (χ3v) is 5.99. The number of hydrogen-bond donors (Lipinski definition) is 1. The molecule has 36 heavy (non-hydrogen) atoms. The zero-order valence-electron chi connectivity index (χ0n) is 19.9. The smallest absolute Gasteiger partial charge is 0.300 e. The molecule has 1 heterocycles. The second-order valence-corrected chi connectivity index (χ2v) is 8.82. The number of hydrogen-bond acceptors (Lipinski definition) is 6. The zero-order valence-corrected chi connectivity index (χ0v) is 20.6. The summed E-state index contributed by atoms with van der Waals surface area (Å²) in [5, 5.41) is 20.7. The molecule has 1 unspecified atom stereocenters. The molecule has 0 spiro atoms. The summed E-state index contributed by atoms with van der Waals surface area (Å²) in [4.78, 5) is 28.0. The topological polar surface area (TPSA) is 99.9 Å². The van der Waals surface area contributed by atoms with Crippen molar-refractivity contribution in [2.45, 2.75) is 26.0 Å². The van der Waals surface area contributed by atoms with Crippen molar-refractivity contribution in [3.05, 3.63) is 94.0 Å². The van der Waals surface area contributed by atoms with Crippen LogP contribution >= 0.6 is 11.6 Å². The third-order valence-electron chi connectivity index (χ3n) is 5.69. The fraction of sp³-hybridized carbons (Fsp3) is 0.179. The Labute approximate surface area is 213 Å². The van der Waals surface area contributed by atoms with Gasteiger partial charge in [-0.1, -0.05) is 23.7 Å². The number of halogens is 1. The minimum atomic E-state index is -0.950. The normalized spacial score (nSPS) is 16.8. The van der Waals surface area contributed by atoms with Gasteiger partial charge in [0.25, 0.3) is 11.7 Å². The highest BCUT2D eigenvalue weighted by molar-refractivity contribution is 6.51. The highest BCUT2D eigenvalue weighted by atomic mass is 35.5. The van der Waals surface area contributed by atoms with Gasteiger partial charge in [-0.15, -0.1) is 0 Å². The fourth-order valence-electron chi connectivity index (χ4n) is 4.11. The Morgan fingerprint density at radius 1 is 1.08 bits per heavy atom. The molecule has 0 bridgehead atoms. The van der Waals surface area contributed by atoms with E-state index < -0.39 is 17.7 Å². The van der Waals surface area contributed by atoms with Crippen LogP contribution in [0.5, 0.6) is 11.5 Å². The minimum absolute atomic E-state index is 0.0905. The van der Waals surface area contributed by atoms with E-state index in [1.165, 1.54) is 18.1 Å². The van der Waals surface area contributed by atoms with E-state index in [1.54, 1.807) is 60.7 Å². The van der Waals surface area contributed by atoms with Gasteiger partial charge in [-0.3, -0.25) is 14.5 Å². The Morgan fingerprint density at radius 2 is 1.81 bits per heavy atom. The molecule has 3 aromatic carbocycles. The monoisotopic (exact) mass is 502 g/mol. The predicted octanol–water partition coefficient (Wildman–Crippen LogP) is 5.63. The predicted molar refractivity (Wildman–Crippen MR) is 136 cm³/mol. The molecule has 1 atom stereocenters. The quantitative estimate of drug-likeness (QED) is 0.266. The lowest BCUT2D eigenvalue weighted by Crippen LogP contribution is -2.29. The van der Waals surface area contributed by atoms with Crippen LogP contribution in [0.25, 0.3) is 5.76 Å². The van der Waals surface area contributed by atoms with Gasteiger partial charge in [-0.2, -0.15) is 5.26 Å². The number of carbonyl (C=O) groups excluding carboxylic acids is 2. The number of Topliss-reactive ketones (excluding diaryl/α,β-unsaturated/α-hetero) is 1. The largest absolute Gasteiger partial charge is 0.507 e. The summed E-state index contributed by atoms with van der Waals surface area (Å²) < 4.78 is 11.0. The lowest BCUT2D eigenvalue weighted by atomic mass is 9.95. The molecule has 0 aliphatic carbocycles. The fourth-order valence-corrected chi connectivity index (χ4v) is 4.37. The summed E-state index contributed by atoms with van der Waals surface area (Å²) in [6.45, 7) is 3.78. The first-order valence-corrected chi connectivity index (χ1v) is 11.5. The van der Waals surface area contributed by atoms with Crippen LogP contribution in [0.4, 0.5) is 5.69 Å². The first-order valence-electron chi connectivity index (χ1n) is 11.2. The molecule has 0 saturated carbocycles. The Hall–Kier alpha value is -4.28. The number of methoxy groups -OCH3 is 1. The van der Waals surface area contributed by atoms with Crippen molar-refractivity contribution in [1.29, 1.82) is 5.26 Å². The van der Waals surface area contributed by atoms with E-state index in [0.717, 1.165) is 0 Å². The van der Waals surface area contributed by atoms with Gasteiger partial charge in [-0.05, 0) is 74.0 Å². The van der Waals surface area contributed by atoms with E-state index >= 15 is 0 Å². The van der Waals surface area contributed by atoms with Crippen molar-refractivity contribution in [2.75, 3.05) is 12.0 Å². The number of nitriles is 1. The van der Waals surface area contributed by atoms with Crippen molar-refractivity contribution in [3.63, 3.8) is 0 Å². The molecular weight excluding hydrogens is 480 g/mol. The number of benzene rings is 3. The van der Waals surface area contributed by atoms with Crippen LogP contribution in [0, 0.1) is 11.3 Å². The van der Waals surface area contributed by atoms with E-state index in [9.17, 15) is 14.7 Å². The van der Waals surface area contributed by atoms with Gasteiger partial charge in [-0.25, -0.2) is 0 Å². The Kier molecular flexibility index (Phi) is 7.00. The van der Waals surface area contributed by atoms with Crippen molar-refractivity contribution in [2.24, 2.45) is 0 Å². The van der Waals surface area contributed by atoms with E-state index in [1.807, 2.05) is 19.9 Å². The Balaban J connectivity index is 1.93. The maximum atomic E-state index is 13.3. The van der Waals surface area contributed by atoms with E-state index in [0.29, 0.717) is 28.3 Å². The zero-order chi connectivity index (χ0) is 26.0. The van der Waals surface area contributed by atoms with Crippen LogP contribution in [0.15, 0.2) is 72.3 Å². The summed E-state index contributed by atoms with van der Waals surface area (Å²) in [5.41, 5.74) is 1.55. The molecule has 1 aliphatic rings. The number of anilines is 1. The molecule has 182 valence electrons. The summed E-state index contributed by atoms with van der Waals surface area (Å²) in [5.74, 6) is -1.05. The third kappa shape index (κ3) is 4.64. The van der Waals surface area contributed by atoms with Crippen molar-refractivity contribution in [1.82, 2.24) is 0 Å². The number of carbonyl (C=O) groups is 2. The molecule has 0 aromatic heterocycles. The van der Waals surface area contributed by atoms with Crippen LogP contribution < -0.4 is 14.4 Å². The Morgan fingerprint density at radius 3 is 2.42 bits per heavy atom. The standard InChI is InChI=1S/C28H23ClN2O5/c1-16(2)36-21-6-4-5-18(13-21)25-24(26(32)19-9-12-23(35-3)22(29)14-19)27(33)28(34)31(25)20-10-7-17(15-30)8-11-20/h4-14,16,25,32H,1-3H3/b26-24+. The summed E-state index contributed by atoms with van der Waals surface area (Å²) >= 11 is 6.26. The summed E-state index contributed by atoms with van der Waals surface area (Å²) in [6.07, 6.45) is -0.0911. The first kappa shape index (κ1) is 24.8. The van der Waals surface area contributed by atoms with Gasteiger partial charge >= 0.3 is 0 Å². The van der Waals surface area contributed by atoms with Crippen molar-refractivity contribution < 1.29 is 24.2 Å². The molecule has 1 saturated heterocycles. The number of ketones is 1. The molecule has 4 rings (SSSR count). The molecule has 1 N–H and O–H groups in total. The van der Waals surface area contributed by atoms with Crippen LogP contribution in [0.2, 0.25) is 5.02 Å². The van der Waals surface area contributed by atoms with Crippen LogP contribution in [-0.4, -0.2) is 30.0 Å². The van der Waals surface area contributed by atoms with Gasteiger partial charge in [0.05, 0.1) is 41.5 Å². The average Bonchev–Trinajstić information content (AvgIpc) is 3.13. The molecular formula is C28H23ClN2O5. The molecule has 1 aliphatic heterocycles. The maximum Gasteiger partial charge on any atom is 0.300 e.